The number of ether oxygens (including phenoxy) is 1. The largest absolute Gasteiger partial charge is 0.430 e. The summed E-state index contributed by atoms with van der Waals surface area (Å²) in [5, 5.41) is 13.0. The van der Waals surface area contributed by atoms with Gasteiger partial charge in [-0.2, -0.15) is 0 Å². The summed E-state index contributed by atoms with van der Waals surface area (Å²) in [6.07, 6.45) is 0. The van der Waals surface area contributed by atoms with Gasteiger partial charge in [0.25, 0.3) is 5.19 Å². The fourth-order valence-electron chi connectivity index (χ4n) is 1.32. The first-order valence-corrected chi connectivity index (χ1v) is 7.54. The zero-order valence-electron chi connectivity index (χ0n) is 11.1. The molecule has 1 aromatic heterocycles. The Morgan fingerprint density at radius 1 is 1.32 bits per heavy atom. The van der Waals surface area contributed by atoms with Crippen LogP contribution in [0.25, 0.3) is 0 Å². The van der Waals surface area contributed by atoms with E-state index in [0.29, 0.717) is 11.7 Å². The van der Waals surface area contributed by atoms with E-state index in [9.17, 15) is 0 Å². The molecule has 0 amide bonds. The van der Waals surface area contributed by atoms with Gasteiger partial charge in [0.2, 0.25) is 0 Å². The first kappa shape index (κ1) is 14.4. The van der Waals surface area contributed by atoms with Gasteiger partial charge in [-0.1, -0.05) is 38.4 Å². The highest BCUT2D eigenvalue weighted by Gasteiger charge is 2.11. The SMILES string of the molecule is CC(C)(C)NCc1nnc(Oc2cccc(Br)c2)s1. The minimum absolute atomic E-state index is 0.0665. The molecule has 0 saturated heterocycles. The molecule has 0 bridgehead atoms. The lowest BCUT2D eigenvalue weighted by molar-refractivity contribution is 0.423. The van der Waals surface area contributed by atoms with E-state index in [1.165, 1.54) is 11.3 Å². The normalized spacial score (nSPS) is 11.6. The van der Waals surface area contributed by atoms with Crippen molar-refractivity contribution in [1.29, 1.82) is 0 Å². The number of aromatic nitrogens is 2. The maximum atomic E-state index is 5.66. The zero-order chi connectivity index (χ0) is 13.9. The molecular weight excluding hydrogens is 326 g/mol. The molecule has 1 heterocycles. The molecule has 0 aliphatic heterocycles. The van der Waals surface area contributed by atoms with Crippen LogP contribution in [0, 0.1) is 0 Å². The third-order valence-corrected chi connectivity index (χ3v) is 3.51. The van der Waals surface area contributed by atoms with Crippen molar-refractivity contribution in [2.24, 2.45) is 0 Å². The quantitative estimate of drug-likeness (QED) is 0.913. The number of benzene rings is 1. The molecule has 0 aliphatic rings. The van der Waals surface area contributed by atoms with Crippen LogP contribution in [0.4, 0.5) is 0 Å². The van der Waals surface area contributed by atoms with Crippen LogP contribution in [0.15, 0.2) is 28.7 Å². The Balaban J connectivity index is 1.97. The Morgan fingerprint density at radius 3 is 2.79 bits per heavy atom. The van der Waals surface area contributed by atoms with Crippen LogP contribution in [-0.4, -0.2) is 15.7 Å². The number of halogens is 1. The Kier molecular flexibility index (Phi) is 4.54. The van der Waals surface area contributed by atoms with Crippen LogP contribution in [0.5, 0.6) is 10.9 Å². The Morgan fingerprint density at radius 2 is 2.11 bits per heavy atom. The number of nitrogens with zero attached hydrogens (tertiary/aromatic N) is 2. The molecule has 1 aromatic carbocycles. The minimum atomic E-state index is 0.0665. The predicted octanol–water partition coefficient (Wildman–Crippen LogP) is 3.98. The van der Waals surface area contributed by atoms with Crippen molar-refractivity contribution in [2.45, 2.75) is 32.9 Å². The van der Waals surface area contributed by atoms with Crippen molar-refractivity contribution in [2.75, 3.05) is 0 Å². The number of hydrogen-bond acceptors (Lipinski definition) is 5. The highest BCUT2D eigenvalue weighted by atomic mass is 79.9. The molecule has 0 unspecified atom stereocenters. The maximum Gasteiger partial charge on any atom is 0.299 e. The van der Waals surface area contributed by atoms with E-state index in [0.717, 1.165) is 15.2 Å². The lowest BCUT2D eigenvalue weighted by atomic mass is 10.1. The molecule has 0 atom stereocenters. The van der Waals surface area contributed by atoms with E-state index in [4.69, 9.17) is 4.74 Å². The van der Waals surface area contributed by atoms with E-state index < -0.39 is 0 Å². The highest BCUT2D eigenvalue weighted by Crippen LogP contribution is 2.26. The Hall–Kier alpha value is -0.980. The minimum Gasteiger partial charge on any atom is -0.430 e. The van der Waals surface area contributed by atoms with Gasteiger partial charge in [-0.15, -0.1) is 5.10 Å². The molecule has 6 heteroatoms. The van der Waals surface area contributed by atoms with Gasteiger partial charge < -0.3 is 10.1 Å². The summed E-state index contributed by atoms with van der Waals surface area (Å²) in [7, 11) is 0. The third kappa shape index (κ3) is 4.89. The van der Waals surface area contributed by atoms with Crippen LogP contribution in [-0.2, 0) is 6.54 Å². The zero-order valence-corrected chi connectivity index (χ0v) is 13.5. The molecule has 2 aromatic rings. The summed E-state index contributed by atoms with van der Waals surface area (Å²) in [6, 6.07) is 7.65. The van der Waals surface area contributed by atoms with E-state index >= 15 is 0 Å². The summed E-state index contributed by atoms with van der Waals surface area (Å²) in [6.45, 7) is 7.05. The lowest BCUT2D eigenvalue weighted by Gasteiger charge is -2.19. The van der Waals surface area contributed by atoms with Crippen molar-refractivity contribution < 1.29 is 4.74 Å². The molecule has 4 nitrogen and oxygen atoms in total. The van der Waals surface area contributed by atoms with Crippen LogP contribution < -0.4 is 10.1 Å². The number of rotatable bonds is 4. The van der Waals surface area contributed by atoms with Crippen molar-refractivity contribution in [3.8, 4) is 10.9 Å². The Labute approximate surface area is 125 Å². The molecule has 1 N–H and O–H groups in total. The molecule has 0 radical (unpaired) electrons. The number of hydrogen-bond donors (Lipinski definition) is 1. The fourth-order valence-corrected chi connectivity index (χ4v) is 2.35. The summed E-state index contributed by atoms with van der Waals surface area (Å²) in [4.78, 5) is 0. The van der Waals surface area contributed by atoms with Crippen LogP contribution in [0.3, 0.4) is 0 Å². The second-order valence-electron chi connectivity index (χ2n) is 5.12. The monoisotopic (exact) mass is 341 g/mol. The standard InChI is InChI=1S/C13H16BrN3OS/c1-13(2,3)15-8-11-16-17-12(19-11)18-10-6-4-5-9(14)7-10/h4-7,15H,8H2,1-3H3. The molecule has 102 valence electrons. The van der Waals surface area contributed by atoms with Crippen molar-refractivity contribution >= 4 is 27.3 Å². The van der Waals surface area contributed by atoms with Gasteiger partial charge in [-0.25, -0.2) is 0 Å². The molecular formula is C13H16BrN3OS. The molecule has 0 aliphatic carbocycles. The average Bonchev–Trinajstić information content (AvgIpc) is 2.73. The van der Waals surface area contributed by atoms with Crippen molar-refractivity contribution in [3.63, 3.8) is 0 Å². The average molecular weight is 342 g/mol. The van der Waals surface area contributed by atoms with Gasteiger partial charge in [0.05, 0.1) is 6.54 Å². The molecule has 19 heavy (non-hydrogen) atoms. The topological polar surface area (TPSA) is 47.0 Å². The van der Waals surface area contributed by atoms with Crippen LogP contribution in [0.1, 0.15) is 25.8 Å². The Bertz CT molecular complexity index is 551. The van der Waals surface area contributed by atoms with E-state index in [1.54, 1.807) is 0 Å². The summed E-state index contributed by atoms with van der Waals surface area (Å²) < 4.78 is 6.63. The lowest BCUT2D eigenvalue weighted by Crippen LogP contribution is -2.35. The first-order valence-electron chi connectivity index (χ1n) is 5.93. The maximum absolute atomic E-state index is 5.66. The van der Waals surface area contributed by atoms with Gasteiger partial charge in [-0.05, 0) is 39.0 Å². The fraction of sp³-hybridized carbons (Fsp3) is 0.385. The predicted molar refractivity (Wildman–Crippen MR) is 80.7 cm³/mol. The second-order valence-corrected chi connectivity index (χ2v) is 7.06. The van der Waals surface area contributed by atoms with E-state index in [2.05, 4.69) is 52.2 Å². The van der Waals surface area contributed by atoms with Crippen LogP contribution >= 0.6 is 27.3 Å². The smallest absolute Gasteiger partial charge is 0.299 e. The van der Waals surface area contributed by atoms with Gasteiger partial charge in [0.15, 0.2) is 0 Å². The summed E-state index contributed by atoms with van der Waals surface area (Å²) >= 11 is 4.86. The summed E-state index contributed by atoms with van der Waals surface area (Å²) in [5.41, 5.74) is 0.0665. The van der Waals surface area contributed by atoms with E-state index in [-0.39, 0.29) is 5.54 Å². The van der Waals surface area contributed by atoms with Gasteiger partial charge in [0, 0.05) is 10.0 Å². The molecule has 2 rings (SSSR count). The van der Waals surface area contributed by atoms with Gasteiger partial charge in [-0.3, -0.25) is 0 Å². The molecule has 0 spiro atoms. The second kappa shape index (κ2) is 5.98. The summed E-state index contributed by atoms with van der Waals surface area (Å²) in [5.74, 6) is 0.751. The van der Waals surface area contributed by atoms with E-state index in [1.807, 2.05) is 24.3 Å². The molecule has 0 saturated carbocycles. The highest BCUT2D eigenvalue weighted by molar-refractivity contribution is 9.10. The number of nitrogens with one attached hydrogen (secondary N) is 1. The van der Waals surface area contributed by atoms with Crippen molar-refractivity contribution in [1.82, 2.24) is 15.5 Å². The molecule has 0 fully saturated rings. The first-order chi connectivity index (χ1) is 8.92. The van der Waals surface area contributed by atoms with Crippen molar-refractivity contribution in [3.05, 3.63) is 33.7 Å². The van der Waals surface area contributed by atoms with Crippen LogP contribution in [0.2, 0.25) is 0 Å². The van der Waals surface area contributed by atoms with Gasteiger partial charge >= 0.3 is 0 Å². The third-order valence-electron chi connectivity index (χ3n) is 2.22. The van der Waals surface area contributed by atoms with Gasteiger partial charge in [0.1, 0.15) is 10.8 Å².